The van der Waals surface area contributed by atoms with Crippen molar-refractivity contribution >= 4 is 17.5 Å². The largest absolute Gasteiger partial charge is 0.489 e. The molecule has 0 atom stereocenters. The number of carbonyl (C=O) groups excluding carboxylic acids is 2. The molecule has 0 saturated carbocycles. The van der Waals surface area contributed by atoms with Gasteiger partial charge in [0.2, 0.25) is 0 Å². The lowest BCUT2D eigenvalue weighted by atomic mass is 10.1. The molecule has 0 aliphatic carbocycles. The Hall–Kier alpha value is -3.81. The number of aryl methyl sites for hydroxylation is 4. The Morgan fingerprint density at radius 1 is 1.00 bits per heavy atom. The van der Waals surface area contributed by atoms with E-state index in [0.717, 1.165) is 33.8 Å². The van der Waals surface area contributed by atoms with E-state index in [9.17, 15) is 9.59 Å². The van der Waals surface area contributed by atoms with E-state index in [0.29, 0.717) is 17.9 Å². The van der Waals surface area contributed by atoms with Crippen LogP contribution in [-0.2, 0) is 11.4 Å². The van der Waals surface area contributed by atoms with E-state index in [1.54, 1.807) is 24.3 Å². The number of carbonyl (C=O) groups is 2. The summed E-state index contributed by atoms with van der Waals surface area (Å²) in [6, 6.07) is 12.6. The zero-order valence-corrected chi connectivity index (χ0v) is 18.0. The summed E-state index contributed by atoms with van der Waals surface area (Å²) in [5, 5.41) is 6.94. The maximum absolute atomic E-state index is 12.3. The van der Waals surface area contributed by atoms with Crippen molar-refractivity contribution in [3.8, 4) is 5.75 Å². The smallest absolute Gasteiger partial charge is 0.269 e. The number of rotatable bonds is 7. The molecule has 0 aliphatic rings. The minimum atomic E-state index is -0.419. The number of nitrogens with one attached hydrogen (secondary N) is 3. The molecule has 0 radical (unpaired) electrons. The summed E-state index contributed by atoms with van der Waals surface area (Å²) in [5.74, 6) is 0.555. The number of hydrazine groups is 1. The van der Waals surface area contributed by atoms with Gasteiger partial charge in [-0.1, -0.05) is 22.9 Å². The summed E-state index contributed by atoms with van der Waals surface area (Å²) in [4.78, 5) is 24.3. The maximum atomic E-state index is 12.3. The molecular weight excluding hydrogens is 396 g/mol. The van der Waals surface area contributed by atoms with Crippen molar-refractivity contribution in [3.05, 3.63) is 76.2 Å². The van der Waals surface area contributed by atoms with E-state index in [1.807, 2.05) is 45.9 Å². The van der Waals surface area contributed by atoms with Crippen molar-refractivity contribution in [2.45, 2.75) is 34.3 Å². The lowest BCUT2D eigenvalue weighted by Crippen LogP contribution is -2.44. The minimum Gasteiger partial charge on any atom is -0.489 e. The summed E-state index contributed by atoms with van der Waals surface area (Å²) in [5.41, 5.74) is 9.97. The number of hydrogen-bond acceptors (Lipinski definition) is 6. The van der Waals surface area contributed by atoms with Crippen molar-refractivity contribution in [3.63, 3.8) is 0 Å². The van der Waals surface area contributed by atoms with Crippen LogP contribution in [0, 0.1) is 27.7 Å². The molecule has 8 nitrogen and oxygen atoms in total. The third kappa shape index (κ3) is 5.85. The fourth-order valence-electron chi connectivity index (χ4n) is 3.00. The van der Waals surface area contributed by atoms with Crippen LogP contribution in [0.3, 0.4) is 0 Å². The summed E-state index contributed by atoms with van der Waals surface area (Å²) in [6.45, 7) is 8.04. The van der Waals surface area contributed by atoms with Gasteiger partial charge in [0.25, 0.3) is 11.8 Å². The number of ether oxygens (including phenoxy) is 1. The van der Waals surface area contributed by atoms with Gasteiger partial charge in [0, 0.05) is 11.3 Å². The average molecular weight is 422 g/mol. The highest BCUT2D eigenvalue weighted by atomic mass is 16.5. The maximum Gasteiger partial charge on any atom is 0.269 e. The average Bonchev–Trinajstić information content (AvgIpc) is 3.07. The van der Waals surface area contributed by atoms with Gasteiger partial charge in [0.15, 0.2) is 0 Å². The number of hydrogen-bond donors (Lipinski definition) is 3. The number of anilines is 1. The lowest BCUT2D eigenvalue weighted by Gasteiger charge is -2.11. The Morgan fingerprint density at radius 2 is 1.74 bits per heavy atom. The Bertz CT molecular complexity index is 1050. The van der Waals surface area contributed by atoms with Gasteiger partial charge in [-0.15, -0.1) is 0 Å². The molecule has 162 valence electrons. The zero-order chi connectivity index (χ0) is 22.4. The number of nitrogens with zero attached hydrogens (tertiary/aromatic N) is 1. The third-order valence-electron chi connectivity index (χ3n) is 4.82. The van der Waals surface area contributed by atoms with Crippen LogP contribution in [0.1, 0.15) is 38.5 Å². The quantitative estimate of drug-likeness (QED) is 0.504. The summed E-state index contributed by atoms with van der Waals surface area (Å²) in [7, 11) is 0. The first-order chi connectivity index (χ1) is 14.8. The van der Waals surface area contributed by atoms with Crippen molar-refractivity contribution in [2.75, 3.05) is 11.9 Å². The van der Waals surface area contributed by atoms with Crippen molar-refractivity contribution in [1.29, 1.82) is 0 Å². The highest BCUT2D eigenvalue weighted by Gasteiger charge is 2.11. The van der Waals surface area contributed by atoms with E-state index in [1.165, 1.54) is 0 Å². The van der Waals surface area contributed by atoms with E-state index in [2.05, 4.69) is 21.3 Å². The first-order valence-electron chi connectivity index (χ1n) is 9.88. The van der Waals surface area contributed by atoms with E-state index >= 15 is 0 Å². The standard InChI is InChI=1S/C23H26N4O4/c1-14-5-10-21(15(2)11-14)24-12-22(28)25-26-23(29)18-6-8-19(9-7-18)30-13-20-16(3)27-31-17(20)4/h5-11,24H,12-13H2,1-4H3,(H,25,28)(H,26,29). The first kappa shape index (κ1) is 21.9. The summed E-state index contributed by atoms with van der Waals surface area (Å²) >= 11 is 0. The number of benzene rings is 2. The van der Waals surface area contributed by atoms with Gasteiger partial charge in [-0.3, -0.25) is 20.4 Å². The molecular formula is C23H26N4O4. The molecule has 0 spiro atoms. The SMILES string of the molecule is Cc1ccc(NCC(=O)NNC(=O)c2ccc(OCc3c(C)noc3C)cc2)c(C)c1. The predicted octanol–water partition coefficient (Wildman–Crippen LogP) is 3.36. The molecule has 8 heteroatoms. The summed E-state index contributed by atoms with van der Waals surface area (Å²) < 4.78 is 10.8. The van der Waals surface area contributed by atoms with E-state index in [4.69, 9.17) is 9.26 Å². The molecule has 0 fully saturated rings. The van der Waals surface area contributed by atoms with Gasteiger partial charge in [-0.25, -0.2) is 0 Å². The molecule has 0 bridgehead atoms. The van der Waals surface area contributed by atoms with Crippen molar-refractivity contribution < 1.29 is 18.8 Å². The van der Waals surface area contributed by atoms with Crippen LogP contribution in [0.4, 0.5) is 5.69 Å². The normalized spacial score (nSPS) is 10.5. The van der Waals surface area contributed by atoms with Gasteiger partial charge >= 0.3 is 0 Å². The molecule has 3 aromatic rings. The van der Waals surface area contributed by atoms with Crippen LogP contribution in [0.5, 0.6) is 5.75 Å². The topological polar surface area (TPSA) is 105 Å². The Morgan fingerprint density at radius 3 is 2.39 bits per heavy atom. The third-order valence-corrected chi connectivity index (χ3v) is 4.82. The Labute approximate surface area is 180 Å². The monoisotopic (exact) mass is 422 g/mol. The molecule has 2 aromatic carbocycles. The lowest BCUT2D eigenvalue weighted by molar-refractivity contribution is -0.120. The number of amides is 2. The molecule has 3 rings (SSSR count). The summed E-state index contributed by atoms with van der Waals surface area (Å²) in [6.07, 6.45) is 0. The second-order valence-corrected chi connectivity index (χ2v) is 7.29. The highest BCUT2D eigenvalue weighted by Crippen LogP contribution is 2.18. The van der Waals surface area contributed by atoms with Crippen LogP contribution in [0.15, 0.2) is 47.0 Å². The van der Waals surface area contributed by atoms with Gasteiger partial charge in [0.05, 0.1) is 17.8 Å². The first-order valence-corrected chi connectivity index (χ1v) is 9.88. The van der Waals surface area contributed by atoms with Gasteiger partial charge in [-0.2, -0.15) is 0 Å². The van der Waals surface area contributed by atoms with Crippen molar-refractivity contribution in [1.82, 2.24) is 16.0 Å². The molecule has 2 amide bonds. The molecule has 0 saturated heterocycles. The highest BCUT2D eigenvalue weighted by molar-refractivity contribution is 5.95. The van der Waals surface area contributed by atoms with Gasteiger partial charge in [-0.05, 0) is 63.6 Å². The van der Waals surface area contributed by atoms with Crippen LogP contribution in [0.25, 0.3) is 0 Å². The Kier molecular flexibility index (Phi) is 6.92. The minimum absolute atomic E-state index is 0.0403. The zero-order valence-electron chi connectivity index (χ0n) is 18.0. The van der Waals surface area contributed by atoms with Gasteiger partial charge in [0.1, 0.15) is 18.1 Å². The van der Waals surface area contributed by atoms with E-state index < -0.39 is 5.91 Å². The fourth-order valence-corrected chi connectivity index (χ4v) is 3.00. The van der Waals surface area contributed by atoms with Crippen LogP contribution >= 0.6 is 0 Å². The van der Waals surface area contributed by atoms with Gasteiger partial charge < -0.3 is 14.6 Å². The van der Waals surface area contributed by atoms with Crippen LogP contribution < -0.4 is 20.9 Å². The number of aromatic nitrogens is 1. The molecule has 0 unspecified atom stereocenters. The van der Waals surface area contributed by atoms with E-state index in [-0.39, 0.29) is 12.5 Å². The predicted molar refractivity (Wildman–Crippen MR) is 117 cm³/mol. The molecule has 31 heavy (non-hydrogen) atoms. The molecule has 0 aliphatic heterocycles. The second kappa shape index (κ2) is 9.80. The molecule has 1 aromatic heterocycles. The van der Waals surface area contributed by atoms with Crippen molar-refractivity contribution in [2.24, 2.45) is 0 Å². The van der Waals surface area contributed by atoms with Crippen LogP contribution in [0.2, 0.25) is 0 Å². The fraction of sp³-hybridized carbons (Fsp3) is 0.261. The Balaban J connectivity index is 1.45. The van der Waals surface area contributed by atoms with Crippen LogP contribution in [-0.4, -0.2) is 23.5 Å². The second-order valence-electron chi connectivity index (χ2n) is 7.29. The molecule has 3 N–H and O–H groups in total. The molecule has 1 heterocycles.